The van der Waals surface area contributed by atoms with Gasteiger partial charge in [-0.2, -0.15) is 0 Å². The molecule has 0 saturated carbocycles. The Morgan fingerprint density at radius 1 is 1.08 bits per heavy atom. The minimum absolute atomic E-state index is 0.0590. The number of rotatable bonds is 7. The van der Waals surface area contributed by atoms with Crippen LogP contribution in [0.3, 0.4) is 0 Å². The van der Waals surface area contributed by atoms with Crippen molar-refractivity contribution in [2.24, 2.45) is 0 Å². The van der Waals surface area contributed by atoms with Gasteiger partial charge in [0.05, 0.1) is 6.10 Å². The number of amides is 2. The van der Waals surface area contributed by atoms with E-state index >= 15 is 0 Å². The molecule has 0 heterocycles. The SMILES string of the molecule is CCC(C)Oc1cccc(C(=O)NNC(=O)COc2ccc(Br)cc2)c1. The summed E-state index contributed by atoms with van der Waals surface area (Å²) in [6.45, 7) is 3.77. The Balaban J connectivity index is 1.81. The molecular formula is C19H21BrN2O4. The highest BCUT2D eigenvalue weighted by Crippen LogP contribution is 2.16. The molecule has 26 heavy (non-hydrogen) atoms. The number of carbonyl (C=O) groups is 2. The number of hydrogen-bond acceptors (Lipinski definition) is 4. The largest absolute Gasteiger partial charge is 0.491 e. The third-order valence-corrected chi connectivity index (χ3v) is 4.04. The summed E-state index contributed by atoms with van der Waals surface area (Å²) >= 11 is 3.32. The van der Waals surface area contributed by atoms with E-state index in [1.807, 2.05) is 26.0 Å². The van der Waals surface area contributed by atoms with E-state index in [0.717, 1.165) is 10.9 Å². The molecule has 6 nitrogen and oxygen atoms in total. The van der Waals surface area contributed by atoms with Crippen molar-refractivity contribution in [3.8, 4) is 11.5 Å². The molecular weight excluding hydrogens is 400 g/mol. The van der Waals surface area contributed by atoms with Crippen LogP contribution in [0.15, 0.2) is 53.0 Å². The van der Waals surface area contributed by atoms with Gasteiger partial charge in [-0.1, -0.05) is 28.9 Å². The van der Waals surface area contributed by atoms with Crippen molar-refractivity contribution in [1.29, 1.82) is 0 Å². The van der Waals surface area contributed by atoms with Crippen LogP contribution in [0.4, 0.5) is 0 Å². The van der Waals surface area contributed by atoms with Crippen LogP contribution in [0, 0.1) is 0 Å². The number of halogens is 1. The molecule has 2 aromatic rings. The molecule has 0 bridgehead atoms. The fraction of sp³-hybridized carbons (Fsp3) is 0.263. The van der Waals surface area contributed by atoms with Crippen LogP contribution >= 0.6 is 15.9 Å². The normalized spacial score (nSPS) is 11.3. The first-order chi connectivity index (χ1) is 12.5. The van der Waals surface area contributed by atoms with Crippen LogP contribution < -0.4 is 20.3 Å². The summed E-state index contributed by atoms with van der Waals surface area (Å²) in [5, 5.41) is 0. The zero-order valence-corrected chi connectivity index (χ0v) is 16.2. The van der Waals surface area contributed by atoms with Gasteiger partial charge >= 0.3 is 0 Å². The van der Waals surface area contributed by atoms with Gasteiger partial charge in [0.2, 0.25) is 0 Å². The van der Waals surface area contributed by atoms with Crippen molar-refractivity contribution in [3.05, 3.63) is 58.6 Å². The maximum atomic E-state index is 12.1. The molecule has 2 amide bonds. The van der Waals surface area contributed by atoms with Gasteiger partial charge < -0.3 is 9.47 Å². The number of nitrogens with one attached hydrogen (secondary N) is 2. The van der Waals surface area contributed by atoms with Gasteiger partial charge in [-0.15, -0.1) is 0 Å². The number of benzene rings is 2. The van der Waals surface area contributed by atoms with E-state index in [-0.39, 0.29) is 12.7 Å². The fourth-order valence-corrected chi connectivity index (χ4v) is 2.21. The molecule has 2 aromatic carbocycles. The van der Waals surface area contributed by atoms with Crippen LogP contribution in [-0.4, -0.2) is 24.5 Å². The summed E-state index contributed by atoms with van der Waals surface area (Å²) in [5.41, 5.74) is 5.07. The van der Waals surface area contributed by atoms with Gasteiger partial charge in [0.1, 0.15) is 11.5 Å². The Morgan fingerprint density at radius 3 is 2.50 bits per heavy atom. The first-order valence-corrected chi connectivity index (χ1v) is 9.01. The average Bonchev–Trinajstić information content (AvgIpc) is 2.65. The number of ether oxygens (including phenoxy) is 2. The zero-order valence-electron chi connectivity index (χ0n) is 14.6. The standard InChI is InChI=1S/C19H21BrN2O4/c1-3-13(2)26-17-6-4-5-14(11-17)19(24)22-21-18(23)12-25-16-9-7-15(20)8-10-16/h4-11,13H,3,12H2,1-2H3,(H,21,23)(H,22,24). The molecule has 0 aliphatic carbocycles. The van der Waals surface area contributed by atoms with Gasteiger partial charge in [-0.3, -0.25) is 20.4 Å². The van der Waals surface area contributed by atoms with Gasteiger partial charge in [0.15, 0.2) is 6.61 Å². The van der Waals surface area contributed by atoms with Crippen molar-refractivity contribution in [3.63, 3.8) is 0 Å². The molecule has 0 aromatic heterocycles. The van der Waals surface area contributed by atoms with Crippen molar-refractivity contribution in [2.45, 2.75) is 26.4 Å². The van der Waals surface area contributed by atoms with Crippen molar-refractivity contribution < 1.29 is 19.1 Å². The predicted molar refractivity (Wildman–Crippen MR) is 102 cm³/mol. The lowest BCUT2D eigenvalue weighted by atomic mass is 10.2. The maximum Gasteiger partial charge on any atom is 0.276 e. The van der Waals surface area contributed by atoms with Crippen LogP contribution in [0.2, 0.25) is 0 Å². The second kappa shape index (κ2) is 9.82. The summed E-state index contributed by atoms with van der Waals surface area (Å²) in [4.78, 5) is 23.9. The molecule has 1 atom stereocenters. The zero-order chi connectivity index (χ0) is 18.9. The molecule has 2 rings (SSSR count). The number of hydrogen-bond donors (Lipinski definition) is 2. The summed E-state index contributed by atoms with van der Waals surface area (Å²) in [6.07, 6.45) is 0.925. The smallest absolute Gasteiger partial charge is 0.276 e. The Kier molecular flexibility index (Phi) is 7.47. The van der Waals surface area contributed by atoms with E-state index in [1.54, 1.807) is 36.4 Å². The molecule has 1 unspecified atom stereocenters. The van der Waals surface area contributed by atoms with Gasteiger partial charge in [-0.05, 0) is 55.8 Å². The molecule has 0 fully saturated rings. The highest BCUT2D eigenvalue weighted by atomic mass is 79.9. The Labute approximate surface area is 161 Å². The molecule has 138 valence electrons. The van der Waals surface area contributed by atoms with Crippen molar-refractivity contribution in [2.75, 3.05) is 6.61 Å². The van der Waals surface area contributed by atoms with Crippen LogP contribution in [0.1, 0.15) is 30.6 Å². The fourth-order valence-electron chi connectivity index (χ4n) is 1.94. The van der Waals surface area contributed by atoms with E-state index in [0.29, 0.717) is 17.1 Å². The van der Waals surface area contributed by atoms with E-state index in [9.17, 15) is 9.59 Å². The molecule has 0 aliphatic rings. The van der Waals surface area contributed by atoms with Gasteiger partial charge in [-0.25, -0.2) is 0 Å². The first-order valence-electron chi connectivity index (χ1n) is 8.22. The minimum atomic E-state index is -0.465. The summed E-state index contributed by atoms with van der Waals surface area (Å²) < 4.78 is 11.9. The molecule has 0 aliphatic heterocycles. The Bertz CT molecular complexity index is 749. The van der Waals surface area contributed by atoms with Crippen LogP contribution in [0.25, 0.3) is 0 Å². The maximum absolute atomic E-state index is 12.1. The minimum Gasteiger partial charge on any atom is -0.491 e. The van der Waals surface area contributed by atoms with E-state index < -0.39 is 11.8 Å². The third kappa shape index (κ3) is 6.40. The lowest BCUT2D eigenvalue weighted by Crippen LogP contribution is -2.43. The van der Waals surface area contributed by atoms with E-state index in [4.69, 9.17) is 9.47 Å². The lowest BCUT2D eigenvalue weighted by molar-refractivity contribution is -0.123. The molecule has 7 heteroatoms. The average molecular weight is 421 g/mol. The first kappa shape index (κ1) is 19.8. The topological polar surface area (TPSA) is 76.7 Å². The lowest BCUT2D eigenvalue weighted by Gasteiger charge is -2.13. The Morgan fingerprint density at radius 2 is 1.81 bits per heavy atom. The second-order valence-electron chi connectivity index (χ2n) is 5.61. The summed E-state index contributed by atoms with van der Waals surface area (Å²) in [7, 11) is 0. The molecule has 0 radical (unpaired) electrons. The van der Waals surface area contributed by atoms with Crippen molar-refractivity contribution >= 4 is 27.7 Å². The highest BCUT2D eigenvalue weighted by Gasteiger charge is 2.10. The second-order valence-corrected chi connectivity index (χ2v) is 6.53. The predicted octanol–water partition coefficient (Wildman–Crippen LogP) is 3.47. The highest BCUT2D eigenvalue weighted by molar-refractivity contribution is 9.10. The van der Waals surface area contributed by atoms with Crippen molar-refractivity contribution in [1.82, 2.24) is 10.9 Å². The van der Waals surface area contributed by atoms with Crippen LogP contribution in [0.5, 0.6) is 11.5 Å². The summed E-state index contributed by atoms with van der Waals surface area (Å²) in [6, 6.07) is 13.9. The van der Waals surface area contributed by atoms with E-state index in [1.165, 1.54) is 0 Å². The molecule has 2 N–H and O–H groups in total. The van der Waals surface area contributed by atoms with Crippen LogP contribution in [-0.2, 0) is 4.79 Å². The monoisotopic (exact) mass is 420 g/mol. The van der Waals surface area contributed by atoms with E-state index in [2.05, 4.69) is 26.8 Å². The van der Waals surface area contributed by atoms with Gasteiger partial charge in [0, 0.05) is 10.0 Å². The van der Waals surface area contributed by atoms with Gasteiger partial charge in [0.25, 0.3) is 11.8 Å². The molecule has 0 saturated heterocycles. The molecule has 0 spiro atoms. The summed E-state index contributed by atoms with van der Waals surface area (Å²) in [5.74, 6) is 0.270. The Hall–Kier alpha value is -2.54. The quantitative estimate of drug-likeness (QED) is 0.672. The number of carbonyl (C=O) groups excluding carboxylic acids is 2. The number of hydrazine groups is 1. The third-order valence-electron chi connectivity index (χ3n) is 3.51.